The first kappa shape index (κ1) is 23.1. The molecule has 1 aliphatic heterocycles. The molecular formula is C22H25ClN2O5S. The van der Waals surface area contributed by atoms with Crippen LogP contribution in [0.3, 0.4) is 0 Å². The molecule has 0 bridgehead atoms. The summed E-state index contributed by atoms with van der Waals surface area (Å²) in [5.41, 5.74) is 0.393. The second kappa shape index (κ2) is 10.2. The average molecular weight is 465 g/mol. The average Bonchev–Trinajstić information content (AvgIpc) is 2.79. The van der Waals surface area contributed by atoms with Gasteiger partial charge in [-0.1, -0.05) is 29.8 Å². The Labute approximate surface area is 187 Å². The minimum absolute atomic E-state index is 0.0505. The first-order chi connectivity index (χ1) is 14.8. The zero-order chi connectivity index (χ0) is 22.4. The maximum absolute atomic E-state index is 12.8. The Morgan fingerprint density at radius 3 is 2.45 bits per heavy atom. The molecule has 1 N–H and O–H groups in total. The third-order valence-corrected chi connectivity index (χ3v) is 7.28. The highest BCUT2D eigenvalue weighted by Crippen LogP contribution is 2.26. The Balaban J connectivity index is 1.50. The van der Waals surface area contributed by atoms with Gasteiger partial charge in [0.05, 0.1) is 23.3 Å². The lowest BCUT2D eigenvalue weighted by atomic mass is 9.95. The summed E-state index contributed by atoms with van der Waals surface area (Å²) in [6, 6.07) is 13.1. The van der Waals surface area contributed by atoms with Crippen LogP contribution in [0.15, 0.2) is 53.4 Å². The van der Waals surface area contributed by atoms with E-state index in [1.165, 1.54) is 7.11 Å². The molecule has 7 nitrogen and oxygen atoms in total. The third-order valence-electron chi connectivity index (χ3n) is 5.32. The van der Waals surface area contributed by atoms with Crippen molar-refractivity contribution in [1.82, 2.24) is 10.2 Å². The molecular weight excluding hydrogens is 440 g/mol. The summed E-state index contributed by atoms with van der Waals surface area (Å²) in [6.45, 7) is 0.902. The monoisotopic (exact) mass is 464 g/mol. The molecule has 1 fully saturated rings. The fourth-order valence-electron chi connectivity index (χ4n) is 3.56. The summed E-state index contributed by atoms with van der Waals surface area (Å²) in [5, 5.41) is 3.17. The highest BCUT2D eigenvalue weighted by Gasteiger charge is 2.29. The molecule has 0 aromatic heterocycles. The number of nitrogens with one attached hydrogen (secondary N) is 1. The maximum atomic E-state index is 12.8. The van der Waals surface area contributed by atoms with Crippen LogP contribution in [0, 0.1) is 5.92 Å². The molecule has 1 heterocycles. The lowest BCUT2D eigenvalue weighted by Crippen LogP contribution is -2.43. The lowest BCUT2D eigenvalue weighted by molar-refractivity contribution is -0.126. The second-order valence-electron chi connectivity index (χ2n) is 7.33. The number of rotatable bonds is 7. The number of methoxy groups -OCH3 is 1. The van der Waals surface area contributed by atoms with Crippen molar-refractivity contribution < 1.29 is 22.7 Å². The SMILES string of the molecule is COc1ccc(Cl)cc1C(=O)N1CCC(C(=O)NCCS(=O)(=O)c2ccccc2)CC1. The number of hydrogen-bond donors (Lipinski definition) is 1. The highest BCUT2D eigenvalue weighted by molar-refractivity contribution is 7.91. The fourth-order valence-corrected chi connectivity index (χ4v) is 4.91. The Morgan fingerprint density at radius 2 is 1.81 bits per heavy atom. The van der Waals surface area contributed by atoms with Gasteiger partial charge in [-0.15, -0.1) is 0 Å². The molecule has 0 radical (unpaired) electrons. The van der Waals surface area contributed by atoms with Gasteiger partial charge in [-0.2, -0.15) is 0 Å². The number of amides is 2. The number of halogens is 1. The van der Waals surface area contributed by atoms with E-state index in [4.69, 9.17) is 16.3 Å². The van der Waals surface area contributed by atoms with Gasteiger partial charge in [0.2, 0.25) is 5.91 Å². The smallest absolute Gasteiger partial charge is 0.257 e. The molecule has 2 aromatic carbocycles. The van der Waals surface area contributed by atoms with Gasteiger partial charge < -0.3 is 15.0 Å². The fraction of sp³-hybridized carbons (Fsp3) is 0.364. The molecule has 0 saturated carbocycles. The summed E-state index contributed by atoms with van der Waals surface area (Å²) in [7, 11) is -1.94. The van der Waals surface area contributed by atoms with Gasteiger partial charge in [0.25, 0.3) is 5.91 Å². The zero-order valence-corrected chi connectivity index (χ0v) is 18.8. The zero-order valence-electron chi connectivity index (χ0n) is 17.2. The van der Waals surface area contributed by atoms with Crippen LogP contribution >= 0.6 is 11.6 Å². The number of sulfone groups is 1. The first-order valence-corrected chi connectivity index (χ1v) is 12.0. The van der Waals surface area contributed by atoms with Crippen molar-refractivity contribution in [1.29, 1.82) is 0 Å². The summed E-state index contributed by atoms with van der Waals surface area (Å²) < 4.78 is 29.9. The number of benzene rings is 2. The van der Waals surface area contributed by atoms with Crippen molar-refractivity contribution in [2.75, 3.05) is 32.5 Å². The van der Waals surface area contributed by atoms with Crippen LogP contribution in [0.4, 0.5) is 0 Å². The molecule has 31 heavy (non-hydrogen) atoms. The van der Waals surface area contributed by atoms with Crippen LogP contribution in [-0.4, -0.2) is 57.6 Å². The van der Waals surface area contributed by atoms with E-state index in [9.17, 15) is 18.0 Å². The molecule has 2 aromatic rings. The summed E-state index contributed by atoms with van der Waals surface area (Å²) >= 11 is 6.02. The Morgan fingerprint density at radius 1 is 1.13 bits per heavy atom. The van der Waals surface area contributed by atoms with Gasteiger partial charge in [-0.05, 0) is 43.2 Å². The Bertz CT molecular complexity index is 1040. The molecule has 9 heteroatoms. The predicted molar refractivity (Wildman–Crippen MR) is 118 cm³/mol. The number of piperidine rings is 1. The van der Waals surface area contributed by atoms with Crippen molar-refractivity contribution in [3.8, 4) is 5.75 Å². The molecule has 3 rings (SSSR count). The number of nitrogens with zero attached hydrogens (tertiary/aromatic N) is 1. The van der Waals surface area contributed by atoms with Crippen molar-refractivity contribution in [2.45, 2.75) is 17.7 Å². The quantitative estimate of drug-likeness (QED) is 0.680. The van der Waals surface area contributed by atoms with Gasteiger partial charge in [0, 0.05) is 30.6 Å². The third kappa shape index (κ3) is 5.77. The van der Waals surface area contributed by atoms with E-state index in [2.05, 4.69) is 5.32 Å². The molecule has 0 spiro atoms. The van der Waals surface area contributed by atoms with Crippen LogP contribution in [0.25, 0.3) is 0 Å². The number of likely N-dealkylation sites (tertiary alicyclic amines) is 1. The standard InChI is InChI=1S/C22H25ClN2O5S/c1-30-20-8-7-17(23)15-19(20)22(27)25-12-9-16(10-13-25)21(26)24-11-14-31(28,29)18-5-3-2-4-6-18/h2-8,15-16H,9-14H2,1H3,(H,24,26). The number of hydrogen-bond acceptors (Lipinski definition) is 5. The van der Waals surface area contributed by atoms with Crippen LogP contribution < -0.4 is 10.1 Å². The van der Waals surface area contributed by atoms with E-state index < -0.39 is 9.84 Å². The van der Waals surface area contributed by atoms with E-state index >= 15 is 0 Å². The van der Waals surface area contributed by atoms with Gasteiger partial charge in [-0.25, -0.2) is 8.42 Å². The molecule has 0 aliphatic carbocycles. The maximum Gasteiger partial charge on any atom is 0.257 e. The first-order valence-electron chi connectivity index (χ1n) is 10.00. The second-order valence-corrected chi connectivity index (χ2v) is 9.88. The van der Waals surface area contributed by atoms with Gasteiger partial charge >= 0.3 is 0 Å². The minimum atomic E-state index is -3.44. The van der Waals surface area contributed by atoms with Gasteiger partial charge in [-0.3, -0.25) is 9.59 Å². The van der Waals surface area contributed by atoms with Crippen LogP contribution in [0.2, 0.25) is 5.02 Å². The van der Waals surface area contributed by atoms with Crippen molar-refractivity contribution in [3.05, 3.63) is 59.1 Å². The molecule has 1 aliphatic rings. The normalized spacial score (nSPS) is 14.8. The van der Waals surface area contributed by atoms with Crippen LogP contribution in [0.1, 0.15) is 23.2 Å². The molecule has 1 saturated heterocycles. The predicted octanol–water partition coefficient (Wildman–Crippen LogP) is 2.79. The number of ether oxygens (including phenoxy) is 1. The number of carbonyl (C=O) groups is 2. The Hall–Kier alpha value is -2.58. The van der Waals surface area contributed by atoms with Crippen molar-refractivity contribution in [3.63, 3.8) is 0 Å². The number of carbonyl (C=O) groups excluding carboxylic acids is 2. The van der Waals surface area contributed by atoms with E-state index in [0.29, 0.717) is 42.3 Å². The topological polar surface area (TPSA) is 92.8 Å². The van der Waals surface area contributed by atoms with Gasteiger partial charge in [0.1, 0.15) is 5.75 Å². The van der Waals surface area contributed by atoms with E-state index in [0.717, 1.165) is 0 Å². The van der Waals surface area contributed by atoms with Gasteiger partial charge in [0.15, 0.2) is 9.84 Å². The molecule has 0 atom stereocenters. The minimum Gasteiger partial charge on any atom is -0.496 e. The molecule has 0 unspecified atom stereocenters. The lowest BCUT2D eigenvalue weighted by Gasteiger charge is -2.31. The highest BCUT2D eigenvalue weighted by atomic mass is 35.5. The summed E-state index contributed by atoms with van der Waals surface area (Å²) in [6.07, 6.45) is 1.01. The summed E-state index contributed by atoms with van der Waals surface area (Å²) in [5.74, 6) is -0.337. The Kier molecular flexibility index (Phi) is 7.56. The van der Waals surface area contributed by atoms with E-state index in [1.807, 2.05) is 0 Å². The molecule has 166 valence electrons. The van der Waals surface area contributed by atoms with E-state index in [-0.39, 0.29) is 34.9 Å². The molecule has 2 amide bonds. The van der Waals surface area contributed by atoms with Crippen molar-refractivity contribution >= 4 is 33.3 Å². The van der Waals surface area contributed by atoms with Crippen molar-refractivity contribution in [2.24, 2.45) is 5.92 Å². The summed E-state index contributed by atoms with van der Waals surface area (Å²) in [4.78, 5) is 27.2. The van der Waals surface area contributed by atoms with E-state index in [1.54, 1.807) is 53.4 Å². The van der Waals surface area contributed by atoms with Crippen LogP contribution in [0.5, 0.6) is 5.75 Å². The largest absolute Gasteiger partial charge is 0.496 e. The van der Waals surface area contributed by atoms with Crippen LogP contribution in [-0.2, 0) is 14.6 Å².